The first-order chi connectivity index (χ1) is 12.1. The lowest BCUT2D eigenvalue weighted by Gasteiger charge is -2.22. The Hall–Kier alpha value is -2.67. The van der Waals surface area contributed by atoms with Gasteiger partial charge in [-0.3, -0.25) is 14.4 Å². The van der Waals surface area contributed by atoms with E-state index in [9.17, 15) is 14.4 Å². The molecule has 3 amide bonds. The van der Waals surface area contributed by atoms with E-state index in [1.54, 1.807) is 16.3 Å². The summed E-state index contributed by atoms with van der Waals surface area (Å²) in [7, 11) is 0. The van der Waals surface area contributed by atoms with Gasteiger partial charge in [-0.15, -0.1) is 0 Å². The van der Waals surface area contributed by atoms with Crippen LogP contribution in [0.25, 0.3) is 0 Å². The third kappa shape index (κ3) is 6.39. The monoisotopic (exact) mass is 359 g/mol. The highest BCUT2D eigenvalue weighted by atomic mass is 32.1. The van der Waals surface area contributed by atoms with E-state index in [0.29, 0.717) is 12.1 Å². The summed E-state index contributed by atoms with van der Waals surface area (Å²) < 4.78 is 0. The number of nitrogens with two attached hydrogens (primary N) is 1. The van der Waals surface area contributed by atoms with E-state index in [2.05, 4.69) is 5.32 Å². The SMILES string of the molecule is NC(=O)CCN(Cc1ccccc1)C(=O)CCNC(=O)c1ccsc1. The Kier molecular flexibility index (Phi) is 7.16. The Labute approximate surface area is 150 Å². The molecule has 6 nitrogen and oxygen atoms in total. The number of nitrogens with zero attached hydrogens (tertiary/aromatic N) is 1. The lowest BCUT2D eigenvalue weighted by atomic mass is 10.2. The minimum absolute atomic E-state index is 0.111. The lowest BCUT2D eigenvalue weighted by molar-refractivity contribution is -0.132. The van der Waals surface area contributed by atoms with Crippen molar-refractivity contribution in [2.45, 2.75) is 19.4 Å². The molecule has 0 aliphatic heterocycles. The Morgan fingerprint density at radius 1 is 1.08 bits per heavy atom. The fraction of sp³-hybridized carbons (Fsp3) is 0.278. The molecule has 0 fully saturated rings. The highest BCUT2D eigenvalue weighted by Gasteiger charge is 2.15. The first-order valence-electron chi connectivity index (χ1n) is 7.96. The fourth-order valence-electron chi connectivity index (χ4n) is 2.28. The van der Waals surface area contributed by atoms with Gasteiger partial charge in [-0.05, 0) is 17.0 Å². The van der Waals surface area contributed by atoms with Crippen molar-refractivity contribution in [2.24, 2.45) is 5.73 Å². The number of benzene rings is 1. The first kappa shape index (κ1) is 18.7. The second-order valence-electron chi connectivity index (χ2n) is 5.54. The topological polar surface area (TPSA) is 92.5 Å². The van der Waals surface area contributed by atoms with Crippen molar-refractivity contribution < 1.29 is 14.4 Å². The minimum Gasteiger partial charge on any atom is -0.370 e. The number of hydrogen-bond acceptors (Lipinski definition) is 4. The van der Waals surface area contributed by atoms with Crippen molar-refractivity contribution >= 4 is 29.1 Å². The van der Waals surface area contributed by atoms with Gasteiger partial charge >= 0.3 is 0 Å². The molecule has 25 heavy (non-hydrogen) atoms. The summed E-state index contributed by atoms with van der Waals surface area (Å²) in [6.45, 7) is 0.919. The van der Waals surface area contributed by atoms with Crippen molar-refractivity contribution in [3.63, 3.8) is 0 Å². The van der Waals surface area contributed by atoms with Crippen LogP contribution in [0.2, 0.25) is 0 Å². The zero-order chi connectivity index (χ0) is 18.1. The molecule has 0 radical (unpaired) electrons. The molecule has 2 aromatic rings. The Balaban J connectivity index is 1.87. The zero-order valence-electron chi connectivity index (χ0n) is 13.8. The van der Waals surface area contributed by atoms with E-state index in [1.807, 2.05) is 35.7 Å². The highest BCUT2D eigenvalue weighted by molar-refractivity contribution is 7.08. The van der Waals surface area contributed by atoms with Gasteiger partial charge in [0.2, 0.25) is 11.8 Å². The third-order valence-corrected chi connectivity index (χ3v) is 4.29. The molecule has 0 saturated carbocycles. The lowest BCUT2D eigenvalue weighted by Crippen LogP contribution is -2.36. The smallest absolute Gasteiger partial charge is 0.252 e. The molecule has 0 aliphatic carbocycles. The highest BCUT2D eigenvalue weighted by Crippen LogP contribution is 2.08. The molecule has 0 spiro atoms. The summed E-state index contributed by atoms with van der Waals surface area (Å²) in [5, 5.41) is 6.31. The quantitative estimate of drug-likeness (QED) is 0.715. The van der Waals surface area contributed by atoms with E-state index in [0.717, 1.165) is 5.56 Å². The van der Waals surface area contributed by atoms with Gasteiger partial charge in [0.15, 0.2) is 0 Å². The number of carbonyl (C=O) groups is 3. The molecule has 0 bridgehead atoms. The zero-order valence-corrected chi connectivity index (χ0v) is 14.6. The number of nitrogens with one attached hydrogen (secondary N) is 1. The Morgan fingerprint density at radius 3 is 2.48 bits per heavy atom. The maximum atomic E-state index is 12.5. The van der Waals surface area contributed by atoms with E-state index in [1.165, 1.54) is 11.3 Å². The van der Waals surface area contributed by atoms with Gasteiger partial charge in [-0.25, -0.2) is 0 Å². The standard InChI is InChI=1S/C18H21N3O3S/c19-16(22)7-10-21(12-14-4-2-1-3-5-14)17(23)6-9-20-18(24)15-8-11-25-13-15/h1-5,8,11,13H,6-7,9-10,12H2,(H2,19,22)(H,20,24). The van der Waals surface area contributed by atoms with Crippen molar-refractivity contribution in [3.05, 3.63) is 58.3 Å². The fourth-order valence-corrected chi connectivity index (χ4v) is 2.91. The van der Waals surface area contributed by atoms with Gasteiger partial charge in [0.05, 0.1) is 0 Å². The van der Waals surface area contributed by atoms with Crippen LogP contribution in [0.1, 0.15) is 28.8 Å². The van der Waals surface area contributed by atoms with Crippen molar-refractivity contribution in [1.82, 2.24) is 10.2 Å². The minimum atomic E-state index is -0.448. The number of rotatable bonds is 9. The summed E-state index contributed by atoms with van der Waals surface area (Å²) in [6, 6.07) is 11.3. The maximum Gasteiger partial charge on any atom is 0.252 e. The molecule has 1 aromatic carbocycles. The molecule has 132 valence electrons. The number of carbonyl (C=O) groups excluding carboxylic acids is 3. The summed E-state index contributed by atoms with van der Waals surface area (Å²) in [5.41, 5.74) is 6.76. The predicted molar refractivity (Wildman–Crippen MR) is 96.9 cm³/mol. The third-order valence-electron chi connectivity index (χ3n) is 3.60. The average molecular weight is 359 g/mol. The number of amides is 3. The maximum absolute atomic E-state index is 12.5. The molecule has 1 heterocycles. The van der Waals surface area contributed by atoms with Crippen molar-refractivity contribution in [3.8, 4) is 0 Å². The van der Waals surface area contributed by atoms with Gasteiger partial charge in [-0.2, -0.15) is 11.3 Å². The molecule has 1 aromatic heterocycles. The van der Waals surface area contributed by atoms with Crippen LogP contribution in [0.3, 0.4) is 0 Å². The van der Waals surface area contributed by atoms with Gasteiger partial charge in [0.25, 0.3) is 5.91 Å². The van der Waals surface area contributed by atoms with E-state index >= 15 is 0 Å². The van der Waals surface area contributed by atoms with Crippen LogP contribution in [-0.4, -0.2) is 35.7 Å². The molecule has 2 rings (SSSR count). The van der Waals surface area contributed by atoms with Crippen LogP contribution in [0.15, 0.2) is 47.2 Å². The summed E-state index contributed by atoms with van der Waals surface area (Å²) in [6.07, 6.45) is 0.279. The predicted octanol–water partition coefficient (Wildman–Crippen LogP) is 1.77. The van der Waals surface area contributed by atoms with Gasteiger partial charge in [-0.1, -0.05) is 30.3 Å². The summed E-state index contributed by atoms with van der Waals surface area (Å²) >= 11 is 1.44. The average Bonchev–Trinajstić information content (AvgIpc) is 3.13. The molecule has 7 heteroatoms. The first-order valence-corrected chi connectivity index (χ1v) is 8.91. The number of primary amides is 1. The van der Waals surface area contributed by atoms with Gasteiger partial charge in [0.1, 0.15) is 0 Å². The Morgan fingerprint density at radius 2 is 1.84 bits per heavy atom. The van der Waals surface area contributed by atoms with Crippen molar-refractivity contribution in [2.75, 3.05) is 13.1 Å². The van der Waals surface area contributed by atoms with Crippen LogP contribution in [0, 0.1) is 0 Å². The molecule has 0 unspecified atom stereocenters. The number of hydrogen-bond donors (Lipinski definition) is 2. The second-order valence-corrected chi connectivity index (χ2v) is 6.32. The van der Waals surface area contributed by atoms with Crippen LogP contribution >= 0.6 is 11.3 Å². The largest absolute Gasteiger partial charge is 0.370 e. The second kappa shape index (κ2) is 9.58. The van der Waals surface area contributed by atoms with Crippen LogP contribution < -0.4 is 11.1 Å². The molecular weight excluding hydrogens is 338 g/mol. The summed E-state index contributed by atoms with van der Waals surface area (Å²) in [4.78, 5) is 37.0. The molecule has 0 aliphatic rings. The van der Waals surface area contributed by atoms with E-state index < -0.39 is 5.91 Å². The van der Waals surface area contributed by atoms with E-state index in [-0.39, 0.29) is 37.7 Å². The molecule has 0 saturated heterocycles. The Bertz CT molecular complexity index is 702. The van der Waals surface area contributed by atoms with Gasteiger partial charge in [0, 0.05) is 43.4 Å². The van der Waals surface area contributed by atoms with Crippen molar-refractivity contribution in [1.29, 1.82) is 0 Å². The normalized spacial score (nSPS) is 10.2. The molecule has 0 atom stereocenters. The summed E-state index contributed by atoms with van der Waals surface area (Å²) in [5.74, 6) is -0.770. The van der Waals surface area contributed by atoms with Gasteiger partial charge < -0.3 is 16.0 Å². The van der Waals surface area contributed by atoms with E-state index in [4.69, 9.17) is 5.73 Å². The van der Waals surface area contributed by atoms with Crippen LogP contribution in [-0.2, 0) is 16.1 Å². The molecule has 3 N–H and O–H groups in total. The molecular formula is C18H21N3O3S. The van der Waals surface area contributed by atoms with Crippen LogP contribution in [0.4, 0.5) is 0 Å². The number of thiophene rings is 1. The van der Waals surface area contributed by atoms with Crippen LogP contribution in [0.5, 0.6) is 0 Å².